The second-order valence-electron chi connectivity index (χ2n) is 6.76. The van der Waals surface area contributed by atoms with Gasteiger partial charge in [0.05, 0.1) is 19.3 Å². The van der Waals surface area contributed by atoms with E-state index in [1.165, 1.54) is 6.20 Å². The minimum absolute atomic E-state index is 0.228. The van der Waals surface area contributed by atoms with Crippen LogP contribution in [-0.2, 0) is 5.54 Å². The summed E-state index contributed by atoms with van der Waals surface area (Å²) in [4.78, 5) is 21.8. The fourth-order valence-electron chi connectivity index (χ4n) is 3.47. The lowest BCUT2D eigenvalue weighted by atomic mass is 9.81. The van der Waals surface area contributed by atoms with Gasteiger partial charge >= 0.3 is 0 Å². The zero-order valence-electron chi connectivity index (χ0n) is 15.8. The molecule has 4 rings (SSSR count). The summed E-state index contributed by atoms with van der Waals surface area (Å²) >= 11 is 0. The number of benzene rings is 1. The van der Waals surface area contributed by atoms with E-state index in [0.717, 1.165) is 11.1 Å². The number of fused-ring (bicyclic) bond motifs is 1. The summed E-state index contributed by atoms with van der Waals surface area (Å²) in [5, 5.41) is 3.22. The van der Waals surface area contributed by atoms with Crippen LogP contribution in [0.1, 0.15) is 33.6 Å². The standard InChI is InChI=1S/C22H21N3O3/c1-15-5-8-17(9-6-15)22(11-13-28-18-4-3-12-23-20(18)22)25-21(26)16-7-10-19(27-2)24-14-16/h3-10,12,14H,11,13H2,1-2H3,(H,25,26)/t22-/m0/s1. The Balaban J connectivity index is 1.78. The van der Waals surface area contributed by atoms with Gasteiger partial charge in [-0.1, -0.05) is 29.8 Å². The van der Waals surface area contributed by atoms with Crippen molar-refractivity contribution >= 4 is 5.91 Å². The minimum atomic E-state index is -0.778. The number of hydrogen-bond acceptors (Lipinski definition) is 5. The highest BCUT2D eigenvalue weighted by molar-refractivity contribution is 5.95. The van der Waals surface area contributed by atoms with Gasteiger partial charge in [0.1, 0.15) is 17.0 Å². The fraction of sp³-hybridized carbons (Fsp3) is 0.227. The normalized spacial score (nSPS) is 17.9. The molecular formula is C22H21N3O3. The molecule has 28 heavy (non-hydrogen) atoms. The highest BCUT2D eigenvalue weighted by atomic mass is 16.5. The summed E-state index contributed by atoms with van der Waals surface area (Å²) in [7, 11) is 1.54. The molecule has 142 valence electrons. The number of hydrogen-bond donors (Lipinski definition) is 1. The maximum atomic E-state index is 13.1. The van der Waals surface area contributed by atoms with Crippen molar-refractivity contribution in [1.29, 1.82) is 0 Å². The van der Waals surface area contributed by atoms with Crippen molar-refractivity contribution in [3.8, 4) is 11.6 Å². The molecule has 1 aliphatic rings. The molecule has 0 saturated carbocycles. The van der Waals surface area contributed by atoms with Crippen LogP contribution in [0.3, 0.4) is 0 Å². The molecule has 6 nitrogen and oxygen atoms in total. The van der Waals surface area contributed by atoms with Crippen molar-refractivity contribution < 1.29 is 14.3 Å². The number of carbonyl (C=O) groups excluding carboxylic acids is 1. The molecule has 1 amide bonds. The topological polar surface area (TPSA) is 73.3 Å². The summed E-state index contributed by atoms with van der Waals surface area (Å²) < 4.78 is 10.9. The molecule has 0 bridgehead atoms. The average molecular weight is 375 g/mol. The van der Waals surface area contributed by atoms with Crippen molar-refractivity contribution in [3.63, 3.8) is 0 Å². The molecule has 0 radical (unpaired) electrons. The molecule has 1 N–H and O–H groups in total. The summed E-state index contributed by atoms with van der Waals surface area (Å²) in [6.45, 7) is 2.52. The van der Waals surface area contributed by atoms with E-state index in [1.807, 2.05) is 43.3 Å². The highest BCUT2D eigenvalue weighted by Gasteiger charge is 2.42. The van der Waals surface area contributed by atoms with E-state index >= 15 is 0 Å². The minimum Gasteiger partial charge on any atom is -0.491 e. The van der Waals surface area contributed by atoms with Crippen LogP contribution in [0.25, 0.3) is 0 Å². The number of aromatic nitrogens is 2. The van der Waals surface area contributed by atoms with Crippen LogP contribution in [0, 0.1) is 6.92 Å². The molecule has 0 fully saturated rings. The number of ether oxygens (including phenoxy) is 2. The van der Waals surface area contributed by atoms with Gasteiger partial charge in [-0.3, -0.25) is 9.78 Å². The maximum absolute atomic E-state index is 13.1. The van der Waals surface area contributed by atoms with Crippen LogP contribution in [0.4, 0.5) is 0 Å². The number of pyridine rings is 2. The number of rotatable bonds is 4. The van der Waals surface area contributed by atoms with E-state index in [-0.39, 0.29) is 5.91 Å². The van der Waals surface area contributed by atoms with E-state index in [1.54, 1.807) is 25.4 Å². The molecule has 1 aliphatic heterocycles. The number of nitrogens with one attached hydrogen (secondary N) is 1. The second-order valence-corrected chi connectivity index (χ2v) is 6.76. The van der Waals surface area contributed by atoms with E-state index in [9.17, 15) is 4.79 Å². The van der Waals surface area contributed by atoms with Gasteiger partial charge < -0.3 is 14.8 Å². The maximum Gasteiger partial charge on any atom is 0.253 e. The largest absolute Gasteiger partial charge is 0.491 e. The van der Waals surface area contributed by atoms with Gasteiger partial charge in [-0.05, 0) is 30.7 Å². The molecule has 3 heterocycles. The molecule has 3 aromatic rings. The van der Waals surface area contributed by atoms with Crippen LogP contribution in [0.15, 0.2) is 60.9 Å². The van der Waals surface area contributed by atoms with Crippen LogP contribution in [0.5, 0.6) is 11.6 Å². The summed E-state index contributed by atoms with van der Waals surface area (Å²) in [6.07, 6.45) is 3.81. The lowest BCUT2D eigenvalue weighted by molar-refractivity contribution is 0.0883. The Morgan fingerprint density at radius 2 is 1.96 bits per heavy atom. The second kappa shape index (κ2) is 7.31. The molecule has 6 heteroatoms. The van der Waals surface area contributed by atoms with Crippen LogP contribution in [-0.4, -0.2) is 29.6 Å². The first-order chi connectivity index (χ1) is 13.6. The van der Waals surface area contributed by atoms with Crippen LogP contribution >= 0.6 is 0 Å². The van der Waals surface area contributed by atoms with Crippen LogP contribution < -0.4 is 14.8 Å². The first-order valence-electron chi connectivity index (χ1n) is 9.10. The number of amides is 1. The van der Waals surface area contributed by atoms with Gasteiger partial charge in [0.2, 0.25) is 5.88 Å². The first kappa shape index (κ1) is 18.0. The van der Waals surface area contributed by atoms with Crippen molar-refractivity contribution in [1.82, 2.24) is 15.3 Å². The predicted octanol–water partition coefficient (Wildman–Crippen LogP) is 3.25. The molecule has 1 aromatic carbocycles. The Morgan fingerprint density at radius 1 is 1.14 bits per heavy atom. The number of aryl methyl sites for hydroxylation is 1. The number of nitrogens with zero attached hydrogens (tertiary/aromatic N) is 2. The zero-order valence-corrected chi connectivity index (χ0v) is 15.8. The first-order valence-corrected chi connectivity index (χ1v) is 9.10. The van der Waals surface area contributed by atoms with Gasteiger partial charge in [0.25, 0.3) is 5.91 Å². The summed E-state index contributed by atoms with van der Waals surface area (Å²) in [6, 6.07) is 15.2. The Kier molecular flexibility index (Phi) is 4.69. The SMILES string of the molecule is COc1ccc(C(=O)N[C@]2(c3ccc(C)cc3)CCOc3cccnc32)cn1. The predicted molar refractivity (Wildman–Crippen MR) is 105 cm³/mol. The summed E-state index contributed by atoms with van der Waals surface area (Å²) in [5.74, 6) is 0.916. The van der Waals surface area contributed by atoms with Gasteiger partial charge in [0.15, 0.2) is 0 Å². The Morgan fingerprint density at radius 3 is 2.68 bits per heavy atom. The lowest BCUT2D eigenvalue weighted by Gasteiger charge is -2.39. The van der Waals surface area contributed by atoms with E-state index in [4.69, 9.17) is 9.47 Å². The van der Waals surface area contributed by atoms with E-state index in [2.05, 4.69) is 15.3 Å². The Hall–Kier alpha value is -3.41. The molecule has 1 atom stereocenters. The molecule has 2 aromatic heterocycles. The van der Waals surface area contributed by atoms with Crippen molar-refractivity contribution in [2.24, 2.45) is 0 Å². The van der Waals surface area contributed by atoms with Gasteiger partial charge in [-0.25, -0.2) is 4.98 Å². The van der Waals surface area contributed by atoms with Gasteiger partial charge in [-0.2, -0.15) is 0 Å². The summed E-state index contributed by atoms with van der Waals surface area (Å²) in [5.41, 5.74) is 2.50. The molecule has 0 saturated heterocycles. The Bertz CT molecular complexity index is 987. The van der Waals surface area contributed by atoms with Gasteiger partial charge in [-0.15, -0.1) is 0 Å². The molecular weight excluding hydrogens is 354 g/mol. The molecule has 0 unspecified atom stereocenters. The monoisotopic (exact) mass is 375 g/mol. The lowest BCUT2D eigenvalue weighted by Crippen LogP contribution is -2.50. The molecule has 0 aliphatic carbocycles. The third-order valence-corrected chi connectivity index (χ3v) is 4.99. The van der Waals surface area contributed by atoms with E-state index < -0.39 is 5.54 Å². The average Bonchev–Trinajstić information content (AvgIpc) is 2.74. The number of methoxy groups -OCH3 is 1. The van der Waals surface area contributed by atoms with Crippen LogP contribution in [0.2, 0.25) is 0 Å². The number of carbonyl (C=O) groups is 1. The zero-order chi connectivity index (χ0) is 19.6. The third-order valence-electron chi connectivity index (χ3n) is 4.99. The van der Waals surface area contributed by atoms with E-state index in [0.29, 0.717) is 35.9 Å². The smallest absolute Gasteiger partial charge is 0.253 e. The highest BCUT2D eigenvalue weighted by Crippen LogP contribution is 2.40. The third kappa shape index (κ3) is 3.17. The molecule has 0 spiro atoms. The van der Waals surface area contributed by atoms with Crippen molar-refractivity contribution in [2.45, 2.75) is 18.9 Å². The van der Waals surface area contributed by atoms with Crippen molar-refractivity contribution in [2.75, 3.05) is 13.7 Å². The quantitative estimate of drug-likeness (QED) is 0.758. The Labute approximate surface area is 163 Å². The van der Waals surface area contributed by atoms with Gasteiger partial charge in [0, 0.05) is 24.9 Å². The van der Waals surface area contributed by atoms with Crippen molar-refractivity contribution in [3.05, 3.63) is 83.3 Å². The fourth-order valence-corrected chi connectivity index (χ4v) is 3.47.